The highest BCUT2D eigenvalue weighted by Crippen LogP contribution is 2.21. The van der Waals surface area contributed by atoms with Gasteiger partial charge in [0, 0.05) is 13.0 Å². The van der Waals surface area contributed by atoms with Crippen LogP contribution in [0.1, 0.15) is 46.5 Å². The maximum Gasteiger partial charge on any atom is 0.220 e. The minimum absolute atomic E-state index is 0.0437. The van der Waals surface area contributed by atoms with Gasteiger partial charge < -0.3 is 15.7 Å². The number of aliphatic hydroxyl groups is 1. The smallest absolute Gasteiger partial charge is 0.220 e. The highest BCUT2D eigenvalue weighted by atomic mass is 16.3. The zero-order chi connectivity index (χ0) is 13.6. The van der Waals surface area contributed by atoms with Crippen molar-refractivity contribution < 1.29 is 9.90 Å². The minimum Gasteiger partial charge on any atom is -0.393 e. The molecule has 0 aromatic heterocycles. The summed E-state index contributed by atoms with van der Waals surface area (Å²) < 4.78 is 0. The Bertz CT molecular complexity index is 259. The van der Waals surface area contributed by atoms with Crippen LogP contribution in [0.2, 0.25) is 0 Å². The summed E-state index contributed by atoms with van der Waals surface area (Å²) in [6.45, 7) is 8.65. The van der Waals surface area contributed by atoms with Crippen LogP contribution in [0.5, 0.6) is 0 Å². The van der Waals surface area contributed by atoms with Crippen LogP contribution in [0.4, 0.5) is 0 Å². The van der Waals surface area contributed by atoms with Gasteiger partial charge >= 0.3 is 0 Å². The molecule has 4 heteroatoms. The van der Waals surface area contributed by atoms with Crippen LogP contribution in [-0.2, 0) is 4.79 Å². The van der Waals surface area contributed by atoms with Gasteiger partial charge in [-0.3, -0.25) is 4.79 Å². The average molecular weight is 256 g/mol. The van der Waals surface area contributed by atoms with Crippen molar-refractivity contribution in [3.05, 3.63) is 0 Å². The summed E-state index contributed by atoms with van der Waals surface area (Å²) in [5.74, 6) is 0.687. The number of aliphatic hydroxyl groups excluding tert-OH is 1. The van der Waals surface area contributed by atoms with Gasteiger partial charge in [-0.05, 0) is 50.6 Å². The number of amides is 1. The van der Waals surface area contributed by atoms with E-state index in [-0.39, 0.29) is 17.4 Å². The Morgan fingerprint density at radius 2 is 2.06 bits per heavy atom. The molecular weight excluding hydrogens is 228 g/mol. The van der Waals surface area contributed by atoms with Crippen LogP contribution in [0.3, 0.4) is 0 Å². The SMILES string of the molecule is CC(O)CC(C)(C)CNC(=O)CC1CCNCC1. The van der Waals surface area contributed by atoms with Crippen molar-refractivity contribution in [2.75, 3.05) is 19.6 Å². The Kier molecular flexibility index (Phi) is 6.09. The first-order valence-electron chi connectivity index (χ1n) is 7.04. The molecule has 0 radical (unpaired) electrons. The summed E-state index contributed by atoms with van der Waals surface area (Å²) in [5, 5.41) is 15.7. The lowest BCUT2D eigenvalue weighted by molar-refractivity contribution is -0.122. The zero-order valence-corrected chi connectivity index (χ0v) is 12.0. The lowest BCUT2D eigenvalue weighted by atomic mass is 9.86. The van der Waals surface area contributed by atoms with E-state index >= 15 is 0 Å². The van der Waals surface area contributed by atoms with Crippen molar-refractivity contribution in [3.8, 4) is 0 Å². The van der Waals surface area contributed by atoms with E-state index in [0.717, 1.165) is 25.9 Å². The molecule has 18 heavy (non-hydrogen) atoms. The van der Waals surface area contributed by atoms with E-state index in [0.29, 0.717) is 25.3 Å². The topological polar surface area (TPSA) is 61.4 Å². The van der Waals surface area contributed by atoms with E-state index < -0.39 is 0 Å². The van der Waals surface area contributed by atoms with Gasteiger partial charge in [-0.1, -0.05) is 13.8 Å². The van der Waals surface area contributed by atoms with Gasteiger partial charge in [0.25, 0.3) is 0 Å². The van der Waals surface area contributed by atoms with E-state index in [1.165, 1.54) is 0 Å². The molecule has 1 unspecified atom stereocenters. The maximum atomic E-state index is 11.8. The van der Waals surface area contributed by atoms with Gasteiger partial charge in [0.2, 0.25) is 5.91 Å². The molecule has 1 aliphatic rings. The third-order valence-corrected chi connectivity index (χ3v) is 3.54. The first kappa shape index (κ1) is 15.4. The van der Waals surface area contributed by atoms with Gasteiger partial charge in [-0.25, -0.2) is 0 Å². The van der Waals surface area contributed by atoms with E-state index in [1.807, 2.05) is 0 Å². The molecule has 0 aromatic rings. The molecule has 0 aromatic carbocycles. The van der Waals surface area contributed by atoms with Crippen molar-refractivity contribution in [2.24, 2.45) is 11.3 Å². The molecule has 0 bridgehead atoms. The summed E-state index contributed by atoms with van der Waals surface area (Å²) in [4.78, 5) is 11.8. The molecule has 4 nitrogen and oxygen atoms in total. The lowest BCUT2D eigenvalue weighted by Crippen LogP contribution is -2.37. The van der Waals surface area contributed by atoms with Crippen LogP contribution in [0, 0.1) is 11.3 Å². The van der Waals surface area contributed by atoms with Crippen LogP contribution in [0.15, 0.2) is 0 Å². The van der Waals surface area contributed by atoms with Crippen LogP contribution in [-0.4, -0.2) is 36.8 Å². The molecule has 1 aliphatic heterocycles. The largest absolute Gasteiger partial charge is 0.393 e. The summed E-state index contributed by atoms with van der Waals surface area (Å²) in [6.07, 6.45) is 3.24. The number of hydrogen-bond acceptors (Lipinski definition) is 3. The monoisotopic (exact) mass is 256 g/mol. The molecule has 1 heterocycles. The lowest BCUT2D eigenvalue weighted by Gasteiger charge is -2.27. The summed E-state index contributed by atoms with van der Waals surface area (Å²) in [5.41, 5.74) is -0.0437. The van der Waals surface area contributed by atoms with Gasteiger partial charge in [-0.15, -0.1) is 0 Å². The molecule has 0 aliphatic carbocycles. The molecule has 106 valence electrons. The quantitative estimate of drug-likeness (QED) is 0.671. The van der Waals surface area contributed by atoms with Crippen LogP contribution in [0.25, 0.3) is 0 Å². The zero-order valence-electron chi connectivity index (χ0n) is 12.0. The number of hydrogen-bond donors (Lipinski definition) is 3. The molecule has 3 N–H and O–H groups in total. The number of carbonyl (C=O) groups excluding carboxylic acids is 1. The van der Waals surface area contributed by atoms with Crippen LogP contribution < -0.4 is 10.6 Å². The second-order valence-corrected chi connectivity index (χ2v) is 6.39. The maximum absolute atomic E-state index is 11.8. The predicted molar refractivity (Wildman–Crippen MR) is 73.3 cm³/mol. The molecular formula is C14H28N2O2. The van der Waals surface area contributed by atoms with E-state index in [4.69, 9.17) is 0 Å². The third kappa shape index (κ3) is 6.36. The second-order valence-electron chi connectivity index (χ2n) is 6.39. The average Bonchev–Trinajstić information content (AvgIpc) is 2.26. The second kappa shape index (κ2) is 7.10. The first-order valence-corrected chi connectivity index (χ1v) is 7.04. The van der Waals surface area contributed by atoms with Gasteiger partial charge in [0.15, 0.2) is 0 Å². The van der Waals surface area contributed by atoms with Crippen molar-refractivity contribution in [1.29, 1.82) is 0 Å². The Morgan fingerprint density at radius 3 is 2.61 bits per heavy atom. The number of nitrogens with one attached hydrogen (secondary N) is 2. The molecule has 0 spiro atoms. The van der Waals surface area contributed by atoms with Gasteiger partial charge in [0.1, 0.15) is 0 Å². The summed E-state index contributed by atoms with van der Waals surface area (Å²) in [6, 6.07) is 0. The Balaban J connectivity index is 2.23. The normalized spacial score (nSPS) is 19.6. The van der Waals surface area contributed by atoms with Crippen molar-refractivity contribution in [2.45, 2.75) is 52.6 Å². The Morgan fingerprint density at radius 1 is 1.44 bits per heavy atom. The van der Waals surface area contributed by atoms with Crippen molar-refractivity contribution in [1.82, 2.24) is 10.6 Å². The highest BCUT2D eigenvalue weighted by molar-refractivity contribution is 5.76. The number of rotatable bonds is 6. The summed E-state index contributed by atoms with van der Waals surface area (Å²) >= 11 is 0. The number of piperidine rings is 1. The molecule has 1 fully saturated rings. The standard InChI is InChI=1S/C14H28N2O2/c1-11(17)9-14(2,3)10-16-13(18)8-12-4-6-15-7-5-12/h11-12,15,17H,4-10H2,1-3H3,(H,16,18). The van der Waals surface area contributed by atoms with Crippen molar-refractivity contribution >= 4 is 5.91 Å². The minimum atomic E-state index is -0.318. The van der Waals surface area contributed by atoms with E-state index in [1.54, 1.807) is 6.92 Å². The van der Waals surface area contributed by atoms with Gasteiger partial charge in [0.05, 0.1) is 6.10 Å². The highest BCUT2D eigenvalue weighted by Gasteiger charge is 2.22. The third-order valence-electron chi connectivity index (χ3n) is 3.54. The Hall–Kier alpha value is -0.610. The fourth-order valence-electron chi connectivity index (χ4n) is 2.63. The Labute approximate surface area is 111 Å². The molecule has 1 saturated heterocycles. The number of carbonyl (C=O) groups is 1. The fraction of sp³-hybridized carbons (Fsp3) is 0.929. The predicted octanol–water partition coefficient (Wildman–Crippen LogP) is 1.29. The van der Waals surface area contributed by atoms with Crippen LogP contribution >= 0.6 is 0 Å². The van der Waals surface area contributed by atoms with E-state index in [2.05, 4.69) is 24.5 Å². The summed E-state index contributed by atoms with van der Waals surface area (Å²) in [7, 11) is 0. The molecule has 1 rings (SSSR count). The van der Waals surface area contributed by atoms with Gasteiger partial charge in [-0.2, -0.15) is 0 Å². The van der Waals surface area contributed by atoms with E-state index in [9.17, 15) is 9.90 Å². The fourth-order valence-corrected chi connectivity index (χ4v) is 2.63. The molecule has 0 saturated carbocycles. The first-order chi connectivity index (χ1) is 8.39. The molecule has 1 atom stereocenters. The molecule has 1 amide bonds. The van der Waals surface area contributed by atoms with Crippen molar-refractivity contribution in [3.63, 3.8) is 0 Å².